The van der Waals surface area contributed by atoms with E-state index in [2.05, 4.69) is 0 Å². The maximum Gasteiger partial charge on any atom is 0.358 e. The van der Waals surface area contributed by atoms with E-state index in [1.54, 1.807) is 12.1 Å². The van der Waals surface area contributed by atoms with Crippen molar-refractivity contribution >= 4 is 17.5 Å². The van der Waals surface area contributed by atoms with Crippen molar-refractivity contribution in [3.63, 3.8) is 0 Å². The van der Waals surface area contributed by atoms with Crippen LogP contribution in [0.1, 0.15) is 27.8 Å². The van der Waals surface area contributed by atoms with E-state index >= 15 is 0 Å². The Hall–Kier alpha value is -4.92. The van der Waals surface area contributed by atoms with Gasteiger partial charge in [0.15, 0.2) is 6.10 Å². The summed E-state index contributed by atoms with van der Waals surface area (Å²) in [6.45, 7) is 4.17. The number of rotatable bonds is 14. The molecule has 0 unspecified atom stereocenters. The highest BCUT2D eigenvalue weighted by atomic mass is 32.1. The average Bonchev–Trinajstić information content (AvgIpc) is 3.20. The molecule has 1 fully saturated rings. The highest BCUT2D eigenvalue weighted by Gasteiger charge is 2.51. The highest BCUT2D eigenvalue weighted by molar-refractivity contribution is 7.79. The van der Waals surface area contributed by atoms with Crippen LogP contribution >= 0.6 is 12.2 Å². The molecule has 7 nitrogen and oxygen atoms in total. The molecule has 288 valence electrons. The molecule has 1 aliphatic rings. The first kappa shape index (κ1) is 39.8. The van der Waals surface area contributed by atoms with E-state index in [1.165, 1.54) is 0 Å². The van der Waals surface area contributed by atoms with Crippen LogP contribution in [0.5, 0.6) is 11.5 Å². The molecule has 0 spiro atoms. The predicted octanol–water partition coefficient (Wildman–Crippen LogP) is 9.24. The molecule has 5 aromatic rings. The third kappa shape index (κ3) is 10.0. The molecule has 1 heterocycles. The second kappa shape index (κ2) is 18.6. The summed E-state index contributed by atoms with van der Waals surface area (Å²) in [6.07, 6.45) is -5.75. The molecule has 0 aromatic heterocycles. The Balaban J connectivity index is 1.37. The fourth-order valence-electron chi connectivity index (χ4n) is 5.84. The van der Waals surface area contributed by atoms with Gasteiger partial charge in [0.25, 0.3) is 0 Å². The molecular weight excluding hydrogens is 744 g/mol. The van der Waals surface area contributed by atoms with Crippen LogP contribution in [0.3, 0.4) is 0 Å². The van der Waals surface area contributed by atoms with Crippen LogP contribution < -0.4 is 9.47 Å². The standard InChI is InChI=1S/C42H37F5O7S/c1-25-18-19-30(20-26(25)2)51-41-40(54-42(55)53-38-35(46)33(44)32(43)34(45)36(38)47)39(50-23-29-16-10-5-11-17-29)37(49-22-28-14-8-4-9-15-28)31(52-41)24-48-21-27-12-6-3-7-13-27/h3-20,31,37,39-41H,21-24H2,1-2H3/t31-,37-,39+,40-,41-/m1/s1. The van der Waals surface area contributed by atoms with E-state index in [0.29, 0.717) is 5.75 Å². The second-order valence-corrected chi connectivity index (χ2v) is 13.1. The molecule has 0 N–H and O–H groups in total. The molecule has 0 aliphatic carbocycles. The van der Waals surface area contributed by atoms with Gasteiger partial charge >= 0.3 is 5.24 Å². The summed E-state index contributed by atoms with van der Waals surface area (Å²) < 4.78 is 115. The highest BCUT2D eigenvalue weighted by Crippen LogP contribution is 2.34. The molecule has 0 bridgehead atoms. The van der Waals surface area contributed by atoms with Crippen molar-refractivity contribution in [1.29, 1.82) is 0 Å². The van der Waals surface area contributed by atoms with Crippen molar-refractivity contribution in [3.05, 3.63) is 166 Å². The number of hydrogen-bond acceptors (Lipinski definition) is 8. The third-order valence-corrected chi connectivity index (χ3v) is 9.05. The van der Waals surface area contributed by atoms with Crippen LogP contribution in [-0.4, -0.2) is 42.5 Å². The molecule has 1 saturated heterocycles. The van der Waals surface area contributed by atoms with Crippen molar-refractivity contribution in [2.24, 2.45) is 0 Å². The summed E-state index contributed by atoms with van der Waals surface area (Å²) in [4.78, 5) is 0. The van der Waals surface area contributed by atoms with E-state index < -0.39 is 70.8 Å². The molecule has 5 atom stereocenters. The van der Waals surface area contributed by atoms with Gasteiger partial charge in [0.05, 0.1) is 26.4 Å². The maximum atomic E-state index is 14.7. The SMILES string of the molecule is Cc1ccc(O[C@@H]2O[C@H](COCc3ccccc3)[C@@H](OCc3ccccc3)[C@H](OCc3ccccc3)[C@H]2OC(=S)Oc2c(F)c(F)c(F)c(F)c2F)cc1C. The van der Waals surface area contributed by atoms with Crippen molar-refractivity contribution < 1.29 is 55.1 Å². The first-order chi connectivity index (χ1) is 26.6. The van der Waals surface area contributed by atoms with Crippen LogP contribution in [0.15, 0.2) is 109 Å². The number of halogens is 5. The second-order valence-electron chi connectivity index (χ2n) is 12.8. The molecule has 5 aromatic carbocycles. The van der Waals surface area contributed by atoms with E-state index in [4.69, 9.17) is 45.4 Å². The molecule has 1 aliphatic heterocycles. The third-order valence-electron chi connectivity index (χ3n) is 8.87. The van der Waals surface area contributed by atoms with E-state index in [-0.39, 0.29) is 26.4 Å². The first-order valence-corrected chi connectivity index (χ1v) is 17.7. The summed E-state index contributed by atoms with van der Waals surface area (Å²) in [5.74, 6) is -12.5. The van der Waals surface area contributed by atoms with E-state index in [9.17, 15) is 22.0 Å². The summed E-state index contributed by atoms with van der Waals surface area (Å²) in [6, 6.07) is 33.4. The van der Waals surface area contributed by atoms with Gasteiger partial charge in [-0.2, -0.15) is 8.78 Å². The lowest BCUT2D eigenvalue weighted by atomic mass is 9.98. The molecule has 0 radical (unpaired) electrons. The normalized spacial score (nSPS) is 19.5. The van der Waals surface area contributed by atoms with Gasteiger partial charge in [-0.05, 0) is 53.8 Å². The summed E-state index contributed by atoms with van der Waals surface area (Å²) in [7, 11) is 0. The average molecular weight is 781 g/mol. The Morgan fingerprint density at radius 3 is 1.65 bits per heavy atom. The lowest BCUT2D eigenvalue weighted by Gasteiger charge is -2.45. The zero-order valence-electron chi connectivity index (χ0n) is 29.8. The number of ether oxygens (including phenoxy) is 7. The molecule has 55 heavy (non-hydrogen) atoms. The van der Waals surface area contributed by atoms with Gasteiger partial charge < -0.3 is 33.2 Å². The van der Waals surface area contributed by atoms with Crippen molar-refractivity contribution in [2.75, 3.05) is 6.61 Å². The maximum absolute atomic E-state index is 14.7. The molecular formula is C42H37F5O7S. The Morgan fingerprint density at radius 1 is 0.600 bits per heavy atom. The summed E-state index contributed by atoms with van der Waals surface area (Å²) >= 11 is 5.23. The topological polar surface area (TPSA) is 64.6 Å². The van der Waals surface area contributed by atoms with Gasteiger partial charge in [0.1, 0.15) is 24.1 Å². The summed E-state index contributed by atoms with van der Waals surface area (Å²) in [5, 5.41) is -1.00. The van der Waals surface area contributed by atoms with Crippen molar-refractivity contribution in [3.8, 4) is 11.5 Å². The van der Waals surface area contributed by atoms with Gasteiger partial charge in [0, 0.05) is 12.2 Å². The fraction of sp³-hybridized carbons (Fsp3) is 0.262. The van der Waals surface area contributed by atoms with Crippen LogP contribution in [-0.2, 0) is 43.5 Å². The minimum absolute atomic E-state index is 0.00937. The molecule has 0 amide bonds. The van der Waals surface area contributed by atoms with Gasteiger partial charge in [-0.25, -0.2) is 13.2 Å². The Morgan fingerprint density at radius 2 is 1.11 bits per heavy atom. The van der Waals surface area contributed by atoms with Crippen molar-refractivity contribution in [1.82, 2.24) is 0 Å². The summed E-state index contributed by atoms with van der Waals surface area (Å²) in [5.41, 5.74) is 4.41. The van der Waals surface area contributed by atoms with Crippen LogP contribution in [0.2, 0.25) is 0 Å². The van der Waals surface area contributed by atoms with Crippen molar-refractivity contribution in [2.45, 2.75) is 64.4 Å². The largest absolute Gasteiger partial charge is 0.461 e. The predicted molar refractivity (Wildman–Crippen MR) is 196 cm³/mol. The Kier molecular flexibility index (Phi) is 13.5. The van der Waals surface area contributed by atoms with Crippen LogP contribution in [0.25, 0.3) is 0 Å². The number of thiocarbonyl (C=S) groups is 1. The minimum atomic E-state index is -2.36. The number of hydrogen-bond donors (Lipinski definition) is 0. The zero-order chi connectivity index (χ0) is 38.9. The zero-order valence-corrected chi connectivity index (χ0v) is 30.6. The molecule has 13 heteroatoms. The lowest BCUT2D eigenvalue weighted by molar-refractivity contribution is -0.297. The fourth-order valence-corrected chi connectivity index (χ4v) is 6.03. The first-order valence-electron chi connectivity index (χ1n) is 17.3. The number of aryl methyl sites for hydroxylation is 2. The Labute approximate surface area is 320 Å². The van der Waals surface area contributed by atoms with Gasteiger partial charge in [0.2, 0.25) is 41.1 Å². The smallest absolute Gasteiger partial charge is 0.358 e. The quantitative estimate of drug-likeness (QED) is 0.0479. The molecule has 6 rings (SSSR count). The van der Waals surface area contributed by atoms with Gasteiger partial charge in [-0.3, -0.25) is 0 Å². The minimum Gasteiger partial charge on any atom is -0.461 e. The van der Waals surface area contributed by atoms with Gasteiger partial charge in [-0.15, -0.1) is 0 Å². The van der Waals surface area contributed by atoms with E-state index in [0.717, 1.165) is 27.8 Å². The number of benzene rings is 5. The van der Waals surface area contributed by atoms with E-state index in [1.807, 2.05) is 111 Å². The van der Waals surface area contributed by atoms with Crippen LogP contribution in [0.4, 0.5) is 22.0 Å². The monoisotopic (exact) mass is 780 g/mol. The van der Waals surface area contributed by atoms with Crippen LogP contribution in [0, 0.1) is 42.9 Å². The Bertz CT molecular complexity index is 2010. The lowest BCUT2D eigenvalue weighted by Crippen LogP contribution is -2.63. The molecule has 0 saturated carbocycles. The van der Waals surface area contributed by atoms with Gasteiger partial charge in [-0.1, -0.05) is 97.1 Å².